The second-order valence-electron chi connectivity index (χ2n) is 3.97. The van der Waals surface area contributed by atoms with Crippen LogP contribution in [0.15, 0.2) is 54.6 Å². The zero-order chi connectivity index (χ0) is 10.5. The third-order valence-corrected chi connectivity index (χ3v) is 4.50. The van der Waals surface area contributed by atoms with Gasteiger partial charge in [-0.05, 0) is 13.0 Å². The molecule has 0 radical (unpaired) electrons. The minimum absolute atomic E-state index is 0.126. The highest BCUT2D eigenvalue weighted by Crippen LogP contribution is 2.03. The quantitative estimate of drug-likeness (QED) is 0.683. The lowest BCUT2D eigenvalue weighted by atomic mass is 10.2. The van der Waals surface area contributed by atoms with Crippen LogP contribution in [-0.4, -0.2) is 9.52 Å². The summed E-state index contributed by atoms with van der Waals surface area (Å²) in [5, 5.41) is 1.55. The van der Waals surface area contributed by atoms with E-state index in [2.05, 4.69) is 61.5 Å². The van der Waals surface area contributed by atoms with Gasteiger partial charge in [0, 0.05) is 0 Å². The average molecular weight is 212 g/mol. The van der Waals surface area contributed by atoms with Gasteiger partial charge in [-0.3, -0.25) is 0 Å². The molecule has 0 amide bonds. The first kappa shape index (κ1) is 10.2. The SMILES string of the molecule is Cc1cccc(C[SiH2]c2ccccc2)c1. The average Bonchev–Trinajstić information content (AvgIpc) is 2.28. The summed E-state index contributed by atoms with van der Waals surface area (Å²) in [5.74, 6) is 0. The van der Waals surface area contributed by atoms with E-state index in [4.69, 9.17) is 0 Å². The molecule has 0 N–H and O–H groups in total. The Kier molecular flexibility index (Phi) is 3.35. The Morgan fingerprint density at radius 2 is 1.73 bits per heavy atom. The molecule has 0 aliphatic rings. The third-order valence-electron chi connectivity index (χ3n) is 2.63. The van der Waals surface area contributed by atoms with E-state index in [1.165, 1.54) is 17.2 Å². The van der Waals surface area contributed by atoms with Crippen molar-refractivity contribution in [2.75, 3.05) is 0 Å². The van der Waals surface area contributed by atoms with Gasteiger partial charge in [-0.25, -0.2) is 0 Å². The van der Waals surface area contributed by atoms with Gasteiger partial charge in [0.05, 0.1) is 9.52 Å². The van der Waals surface area contributed by atoms with E-state index in [0.717, 1.165) is 0 Å². The standard InChI is InChI=1S/C14H16Si/c1-12-6-5-7-13(10-12)11-15-14-8-3-2-4-9-14/h2-10H,11,15H2,1H3. The van der Waals surface area contributed by atoms with Gasteiger partial charge in [0.15, 0.2) is 0 Å². The molecule has 2 aromatic rings. The fraction of sp³-hybridized carbons (Fsp3) is 0.143. The summed E-state index contributed by atoms with van der Waals surface area (Å²) < 4.78 is 0. The molecule has 0 fully saturated rings. The Hall–Kier alpha value is -1.34. The molecule has 0 saturated carbocycles. The number of hydrogen-bond acceptors (Lipinski definition) is 0. The molecule has 15 heavy (non-hydrogen) atoms. The fourth-order valence-corrected chi connectivity index (χ4v) is 3.29. The lowest BCUT2D eigenvalue weighted by Gasteiger charge is -2.02. The first-order valence-corrected chi connectivity index (χ1v) is 7.15. The van der Waals surface area contributed by atoms with Crippen LogP contribution in [0, 0.1) is 6.92 Å². The molecule has 0 heterocycles. The lowest BCUT2D eigenvalue weighted by Crippen LogP contribution is -2.15. The maximum Gasteiger partial charge on any atom is 0.0590 e. The molecule has 0 aromatic heterocycles. The summed E-state index contributed by atoms with van der Waals surface area (Å²) >= 11 is 0. The van der Waals surface area contributed by atoms with Crippen molar-refractivity contribution < 1.29 is 0 Å². The van der Waals surface area contributed by atoms with Crippen molar-refractivity contribution >= 4 is 14.7 Å². The van der Waals surface area contributed by atoms with Crippen LogP contribution in [0.3, 0.4) is 0 Å². The maximum absolute atomic E-state index is 2.30. The largest absolute Gasteiger partial charge is 0.0666 e. The van der Waals surface area contributed by atoms with E-state index in [1.807, 2.05) is 0 Å². The number of hydrogen-bond donors (Lipinski definition) is 0. The van der Waals surface area contributed by atoms with E-state index in [0.29, 0.717) is 0 Å². The highest BCUT2D eigenvalue weighted by molar-refractivity contribution is 6.52. The summed E-state index contributed by atoms with van der Waals surface area (Å²) in [6, 6.07) is 21.0. The Balaban J connectivity index is 1.99. The van der Waals surface area contributed by atoms with Crippen molar-refractivity contribution in [2.24, 2.45) is 0 Å². The predicted molar refractivity (Wildman–Crippen MR) is 69.5 cm³/mol. The monoisotopic (exact) mass is 212 g/mol. The van der Waals surface area contributed by atoms with Crippen LogP contribution >= 0.6 is 0 Å². The summed E-state index contributed by atoms with van der Waals surface area (Å²) in [5.41, 5.74) is 2.86. The molecule has 0 bridgehead atoms. The van der Waals surface area contributed by atoms with Gasteiger partial charge < -0.3 is 0 Å². The van der Waals surface area contributed by atoms with Crippen LogP contribution in [-0.2, 0) is 6.04 Å². The van der Waals surface area contributed by atoms with E-state index in [9.17, 15) is 0 Å². The normalized spacial score (nSPS) is 11.0. The molecule has 0 aliphatic carbocycles. The zero-order valence-electron chi connectivity index (χ0n) is 9.11. The smallest absolute Gasteiger partial charge is 0.0590 e. The molecule has 0 spiro atoms. The Labute approximate surface area is 93.8 Å². The highest BCUT2D eigenvalue weighted by atomic mass is 28.2. The Morgan fingerprint density at radius 3 is 2.47 bits per heavy atom. The number of benzene rings is 2. The summed E-state index contributed by atoms with van der Waals surface area (Å²) in [7, 11) is -0.126. The summed E-state index contributed by atoms with van der Waals surface area (Å²) in [6.45, 7) is 2.16. The maximum atomic E-state index is 2.30. The summed E-state index contributed by atoms with van der Waals surface area (Å²) in [6.07, 6.45) is 0. The van der Waals surface area contributed by atoms with Gasteiger partial charge in [0.2, 0.25) is 0 Å². The molecule has 0 atom stereocenters. The Morgan fingerprint density at radius 1 is 0.933 bits per heavy atom. The molecule has 0 unspecified atom stereocenters. The Bertz CT molecular complexity index is 420. The van der Waals surface area contributed by atoms with Crippen molar-refractivity contribution in [1.82, 2.24) is 0 Å². The lowest BCUT2D eigenvalue weighted by molar-refractivity contribution is 1.34. The van der Waals surface area contributed by atoms with Crippen molar-refractivity contribution in [3.63, 3.8) is 0 Å². The van der Waals surface area contributed by atoms with Crippen LogP contribution in [0.2, 0.25) is 0 Å². The molecule has 2 rings (SSSR count). The van der Waals surface area contributed by atoms with E-state index in [1.54, 1.807) is 5.19 Å². The third kappa shape index (κ3) is 3.06. The van der Waals surface area contributed by atoms with Crippen molar-refractivity contribution in [1.29, 1.82) is 0 Å². The van der Waals surface area contributed by atoms with E-state index >= 15 is 0 Å². The number of rotatable bonds is 3. The molecule has 0 nitrogen and oxygen atoms in total. The minimum atomic E-state index is -0.126. The van der Waals surface area contributed by atoms with Gasteiger partial charge >= 0.3 is 0 Å². The van der Waals surface area contributed by atoms with Gasteiger partial charge in [0.1, 0.15) is 0 Å². The first-order valence-electron chi connectivity index (χ1n) is 5.44. The molecule has 1 heteroatoms. The van der Waals surface area contributed by atoms with E-state index in [-0.39, 0.29) is 9.52 Å². The van der Waals surface area contributed by atoms with Gasteiger partial charge in [-0.2, -0.15) is 0 Å². The second kappa shape index (κ2) is 4.94. The fourth-order valence-electron chi connectivity index (χ4n) is 1.80. The number of aryl methyl sites for hydroxylation is 1. The zero-order valence-corrected chi connectivity index (χ0v) is 10.5. The van der Waals surface area contributed by atoms with Crippen molar-refractivity contribution in [2.45, 2.75) is 13.0 Å². The summed E-state index contributed by atoms with van der Waals surface area (Å²) in [4.78, 5) is 0. The molecule has 2 aromatic carbocycles. The predicted octanol–water partition coefficient (Wildman–Crippen LogP) is 1.99. The van der Waals surface area contributed by atoms with Gasteiger partial charge in [0.25, 0.3) is 0 Å². The molecular formula is C14H16Si. The van der Waals surface area contributed by atoms with Crippen LogP contribution in [0.4, 0.5) is 0 Å². The topological polar surface area (TPSA) is 0 Å². The molecule has 76 valence electrons. The van der Waals surface area contributed by atoms with Gasteiger partial charge in [-0.15, -0.1) is 0 Å². The van der Waals surface area contributed by atoms with E-state index < -0.39 is 0 Å². The van der Waals surface area contributed by atoms with Crippen LogP contribution in [0.1, 0.15) is 11.1 Å². The molecule has 0 saturated heterocycles. The molecular weight excluding hydrogens is 196 g/mol. The first-order chi connectivity index (χ1) is 7.34. The van der Waals surface area contributed by atoms with Gasteiger partial charge in [-0.1, -0.05) is 70.9 Å². The molecule has 0 aliphatic heterocycles. The van der Waals surface area contributed by atoms with Crippen LogP contribution < -0.4 is 5.19 Å². The van der Waals surface area contributed by atoms with Crippen molar-refractivity contribution in [3.05, 3.63) is 65.7 Å². The van der Waals surface area contributed by atoms with Crippen LogP contribution in [0.25, 0.3) is 0 Å². The second-order valence-corrected chi connectivity index (χ2v) is 5.79. The highest BCUT2D eigenvalue weighted by Gasteiger charge is 1.96. The minimum Gasteiger partial charge on any atom is -0.0666 e. The van der Waals surface area contributed by atoms with Crippen molar-refractivity contribution in [3.8, 4) is 0 Å². The van der Waals surface area contributed by atoms with Crippen LogP contribution in [0.5, 0.6) is 0 Å².